The second-order valence-electron chi connectivity index (χ2n) is 5.03. The van der Waals surface area contributed by atoms with Gasteiger partial charge in [0.25, 0.3) is 5.91 Å². The predicted molar refractivity (Wildman–Crippen MR) is 88.3 cm³/mol. The van der Waals surface area contributed by atoms with Gasteiger partial charge in [0.15, 0.2) is 0 Å². The quantitative estimate of drug-likeness (QED) is 0.680. The van der Waals surface area contributed by atoms with Crippen molar-refractivity contribution in [2.75, 3.05) is 10.6 Å². The van der Waals surface area contributed by atoms with Crippen molar-refractivity contribution >= 4 is 23.2 Å². The van der Waals surface area contributed by atoms with Gasteiger partial charge in [-0.2, -0.15) is 5.21 Å². The van der Waals surface area contributed by atoms with E-state index in [0.29, 0.717) is 22.8 Å². The molecule has 0 bridgehead atoms. The Hall–Kier alpha value is -3.55. The molecule has 0 unspecified atom stereocenters. The van der Waals surface area contributed by atoms with Crippen molar-refractivity contribution in [1.82, 2.24) is 20.6 Å². The van der Waals surface area contributed by atoms with E-state index in [1.807, 2.05) is 6.07 Å². The van der Waals surface area contributed by atoms with Crippen molar-refractivity contribution in [2.24, 2.45) is 0 Å². The van der Waals surface area contributed by atoms with E-state index >= 15 is 0 Å². The first-order valence-electron chi connectivity index (χ1n) is 7.15. The lowest BCUT2D eigenvalue weighted by atomic mass is 10.1. The minimum absolute atomic E-state index is 0.162. The average molecular weight is 322 g/mol. The van der Waals surface area contributed by atoms with Gasteiger partial charge in [0.05, 0.1) is 0 Å². The zero-order valence-electron chi connectivity index (χ0n) is 12.8. The highest BCUT2D eigenvalue weighted by molar-refractivity contribution is 6.04. The molecular weight excluding hydrogens is 308 g/mol. The summed E-state index contributed by atoms with van der Waals surface area (Å²) in [5.74, 6) is 0.0332. The number of nitrogens with one attached hydrogen (secondary N) is 3. The van der Waals surface area contributed by atoms with Crippen LogP contribution in [0.15, 0.2) is 48.5 Å². The zero-order valence-corrected chi connectivity index (χ0v) is 12.8. The lowest BCUT2D eigenvalue weighted by Crippen LogP contribution is -2.12. The Labute approximate surface area is 137 Å². The average Bonchev–Trinajstić information content (AvgIpc) is 3.10. The van der Waals surface area contributed by atoms with E-state index in [4.69, 9.17) is 0 Å². The van der Waals surface area contributed by atoms with Crippen molar-refractivity contribution in [2.45, 2.75) is 6.92 Å². The maximum absolute atomic E-state index is 12.3. The Morgan fingerprint density at radius 1 is 1.00 bits per heavy atom. The molecule has 120 valence electrons. The standard InChI is InChI=1S/C16H14N6O2/c1-10(23)17-13-7-5-11(6-8-13)16(24)18-14-4-2-3-12(9-14)15-19-21-22-20-15/h2-9H,1H3,(H,17,23)(H,18,24)(H,19,20,21,22). The number of rotatable bonds is 4. The van der Waals surface area contributed by atoms with Gasteiger partial charge in [-0.25, -0.2) is 0 Å². The summed E-state index contributed by atoms with van der Waals surface area (Å²) >= 11 is 0. The van der Waals surface area contributed by atoms with Gasteiger partial charge < -0.3 is 10.6 Å². The summed E-state index contributed by atoms with van der Waals surface area (Å²) in [6.45, 7) is 1.43. The molecule has 3 N–H and O–H groups in total. The van der Waals surface area contributed by atoms with E-state index in [-0.39, 0.29) is 11.8 Å². The number of nitrogens with zero attached hydrogens (tertiary/aromatic N) is 3. The molecule has 0 aliphatic carbocycles. The molecule has 8 nitrogen and oxygen atoms in total. The number of aromatic nitrogens is 4. The second-order valence-corrected chi connectivity index (χ2v) is 5.03. The molecule has 24 heavy (non-hydrogen) atoms. The van der Waals surface area contributed by atoms with Crippen molar-refractivity contribution in [3.63, 3.8) is 0 Å². The van der Waals surface area contributed by atoms with Gasteiger partial charge in [-0.3, -0.25) is 9.59 Å². The van der Waals surface area contributed by atoms with Crippen LogP contribution in [0.5, 0.6) is 0 Å². The minimum atomic E-state index is -0.255. The molecule has 0 aliphatic rings. The third kappa shape index (κ3) is 3.61. The molecule has 2 aromatic carbocycles. The monoisotopic (exact) mass is 322 g/mol. The molecule has 0 fully saturated rings. The van der Waals surface area contributed by atoms with Gasteiger partial charge >= 0.3 is 0 Å². The number of hydrogen-bond acceptors (Lipinski definition) is 5. The summed E-state index contributed by atoms with van der Waals surface area (Å²) < 4.78 is 0. The zero-order chi connectivity index (χ0) is 16.9. The van der Waals surface area contributed by atoms with Gasteiger partial charge in [0.1, 0.15) is 0 Å². The molecular formula is C16H14N6O2. The fourth-order valence-corrected chi connectivity index (χ4v) is 2.13. The van der Waals surface area contributed by atoms with Crippen LogP contribution in [0.1, 0.15) is 17.3 Å². The highest BCUT2D eigenvalue weighted by atomic mass is 16.2. The first-order chi connectivity index (χ1) is 11.6. The van der Waals surface area contributed by atoms with Crippen LogP contribution in [-0.4, -0.2) is 32.4 Å². The fraction of sp³-hybridized carbons (Fsp3) is 0.0625. The fourth-order valence-electron chi connectivity index (χ4n) is 2.13. The molecule has 0 saturated carbocycles. The number of benzene rings is 2. The maximum Gasteiger partial charge on any atom is 0.255 e. The number of anilines is 2. The van der Waals surface area contributed by atoms with Crippen LogP contribution in [0.4, 0.5) is 11.4 Å². The Morgan fingerprint density at radius 2 is 1.79 bits per heavy atom. The number of H-pyrrole nitrogens is 1. The predicted octanol–water partition coefficient (Wildman–Crippen LogP) is 2.08. The minimum Gasteiger partial charge on any atom is -0.326 e. The third-order valence-corrected chi connectivity index (χ3v) is 3.19. The molecule has 0 aliphatic heterocycles. The molecule has 1 aromatic heterocycles. The van der Waals surface area contributed by atoms with Crippen LogP contribution < -0.4 is 10.6 Å². The molecule has 8 heteroatoms. The van der Waals surface area contributed by atoms with E-state index in [0.717, 1.165) is 5.56 Å². The van der Waals surface area contributed by atoms with Crippen molar-refractivity contribution < 1.29 is 9.59 Å². The van der Waals surface area contributed by atoms with Crippen molar-refractivity contribution in [1.29, 1.82) is 0 Å². The van der Waals surface area contributed by atoms with Crippen molar-refractivity contribution in [3.8, 4) is 11.4 Å². The summed E-state index contributed by atoms with van der Waals surface area (Å²) in [6.07, 6.45) is 0. The molecule has 0 saturated heterocycles. The largest absolute Gasteiger partial charge is 0.326 e. The molecule has 3 rings (SSSR count). The molecule has 0 spiro atoms. The summed E-state index contributed by atoms with van der Waals surface area (Å²) in [5, 5.41) is 19.2. The summed E-state index contributed by atoms with van der Waals surface area (Å²) in [5.41, 5.74) is 2.48. The summed E-state index contributed by atoms with van der Waals surface area (Å²) in [6, 6.07) is 13.8. The van der Waals surface area contributed by atoms with Crippen LogP contribution in [0.3, 0.4) is 0 Å². The molecule has 0 atom stereocenters. The van der Waals surface area contributed by atoms with Gasteiger partial charge in [0.2, 0.25) is 11.7 Å². The maximum atomic E-state index is 12.3. The second kappa shape index (κ2) is 6.69. The van der Waals surface area contributed by atoms with Gasteiger partial charge in [0, 0.05) is 29.4 Å². The highest BCUT2D eigenvalue weighted by Gasteiger charge is 2.08. The Morgan fingerprint density at radius 3 is 2.46 bits per heavy atom. The normalized spacial score (nSPS) is 10.2. The highest BCUT2D eigenvalue weighted by Crippen LogP contribution is 2.19. The topological polar surface area (TPSA) is 113 Å². The molecule has 0 radical (unpaired) electrons. The number of carbonyl (C=O) groups excluding carboxylic acids is 2. The number of carbonyl (C=O) groups is 2. The van der Waals surface area contributed by atoms with Crippen molar-refractivity contribution in [3.05, 3.63) is 54.1 Å². The number of aromatic amines is 1. The number of amides is 2. The lowest BCUT2D eigenvalue weighted by Gasteiger charge is -2.07. The number of tetrazole rings is 1. The molecule has 1 heterocycles. The van der Waals surface area contributed by atoms with E-state index in [2.05, 4.69) is 31.3 Å². The van der Waals surface area contributed by atoms with Crippen LogP contribution in [0.2, 0.25) is 0 Å². The van der Waals surface area contributed by atoms with Gasteiger partial charge in [-0.1, -0.05) is 12.1 Å². The Bertz CT molecular complexity index is 859. The van der Waals surface area contributed by atoms with E-state index < -0.39 is 0 Å². The van der Waals surface area contributed by atoms with Gasteiger partial charge in [-0.15, -0.1) is 10.2 Å². The Kier molecular flexibility index (Phi) is 4.28. The van der Waals surface area contributed by atoms with Crippen LogP contribution >= 0.6 is 0 Å². The first kappa shape index (κ1) is 15.3. The van der Waals surface area contributed by atoms with E-state index in [1.165, 1.54) is 6.92 Å². The van der Waals surface area contributed by atoms with Crippen LogP contribution in [0, 0.1) is 0 Å². The van der Waals surface area contributed by atoms with E-state index in [9.17, 15) is 9.59 Å². The van der Waals surface area contributed by atoms with Crippen LogP contribution in [0.25, 0.3) is 11.4 Å². The van der Waals surface area contributed by atoms with E-state index in [1.54, 1.807) is 42.5 Å². The van der Waals surface area contributed by atoms with Gasteiger partial charge in [-0.05, 0) is 41.6 Å². The number of hydrogen-bond donors (Lipinski definition) is 3. The molecule has 2 amide bonds. The Balaban J connectivity index is 1.73. The molecule has 3 aromatic rings. The first-order valence-corrected chi connectivity index (χ1v) is 7.15. The third-order valence-electron chi connectivity index (χ3n) is 3.19. The summed E-state index contributed by atoms with van der Waals surface area (Å²) in [4.78, 5) is 23.3. The van der Waals surface area contributed by atoms with Crippen LogP contribution in [-0.2, 0) is 4.79 Å². The summed E-state index contributed by atoms with van der Waals surface area (Å²) in [7, 11) is 0. The smallest absolute Gasteiger partial charge is 0.255 e. The lowest BCUT2D eigenvalue weighted by molar-refractivity contribution is -0.114. The SMILES string of the molecule is CC(=O)Nc1ccc(C(=O)Nc2cccc(-c3nn[nH]n3)c2)cc1.